The van der Waals surface area contributed by atoms with Crippen molar-refractivity contribution in [2.24, 2.45) is 0 Å². The second kappa shape index (κ2) is 6.72. The van der Waals surface area contributed by atoms with Crippen molar-refractivity contribution in [2.75, 3.05) is 6.61 Å². The molecule has 0 fully saturated rings. The Hall–Kier alpha value is -2.86. The second-order valence-corrected chi connectivity index (χ2v) is 5.87. The summed E-state index contributed by atoms with van der Waals surface area (Å²) in [7, 11) is 0. The van der Waals surface area contributed by atoms with Crippen LogP contribution in [-0.4, -0.2) is 12.6 Å². The van der Waals surface area contributed by atoms with Crippen LogP contribution in [0.5, 0.6) is 0 Å². The van der Waals surface area contributed by atoms with Crippen molar-refractivity contribution in [1.29, 1.82) is 5.26 Å². The lowest BCUT2D eigenvalue weighted by Gasteiger charge is -2.09. The highest BCUT2D eigenvalue weighted by molar-refractivity contribution is 6.10. The number of benzene rings is 2. The van der Waals surface area contributed by atoms with Gasteiger partial charge in [-0.15, -0.1) is 0 Å². The number of nitrogens with zero attached hydrogens (tertiary/aromatic N) is 1. The maximum Gasteiger partial charge on any atom is 0.338 e. The molecule has 2 aromatic rings. The molecule has 0 heterocycles. The standard InChI is InChI=1S/C21H19NO2/c1-3-4-12-24-21(23)18-11-7-10-17-19(14(2)13-22)15-8-5-6-9-16(15)20(17)18/h5-11H,3-4,12H2,1-2H3. The third kappa shape index (κ3) is 2.61. The first-order valence-electron chi connectivity index (χ1n) is 8.20. The summed E-state index contributed by atoms with van der Waals surface area (Å²) in [5, 5.41) is 9.37. The molecule has 1 aliphatic carbocycles. The Balaban J connectivity index is 2.16. The van der Waals surface area contributed by atoms with Crippen LogP contribution in [0.4, 0.5) is 0 Å². The maximum absolute atomic E-state index is 12.5. The summed E-state index contributed by atoms with van der Waals surface area (Å²) in [4.78, 5) is 12.5. The topological polar surface area (TPSA) is 50.1 Å². The molecule has 1 aliphatic rings. The van der Waals surface area contributed by atoms with Gasteiger partial charge in [-0.3, -0.25) is 0 Å². The van der Waals surface area contributed by atoms with Crippen LogP contribution in [0.15, 0.2) is 48.0 Å². The Bertz CT molecular complexity index is 872. The minimum Gasteiger partial charge on any atom is -0.462 e. The van der Waals surface area contributed by atoms with Crippen molar-refractivity contribution >= 4 is 11.5 Å². The molecule has 0 radical (unpaired) electrons. The van der Waals surface area contributed by atoms with E-state index in [1.54, 1.807) is 6.07 Å². The van der Waals surface area contributed by atoms with Gasteiger partial charge < -0.3 is 4.74 Å². The van der Waals surface area contributed by atoms with Crippen LogP contribution in [0.1, 0.15) is 48.2 Å². The second-order valence-electron chi connectivity index (χ2n) is 5.87. The monoisotopic (exact) mass is 317 g/mol. The lowest BCUT2D eigenvalue weighted by atomic mass is 9.97. The van der Waals surface area contributed by atoms with Crippen molar-refractivity contribution in [3.8, 4) is 17.2 Å². The maximum atomic E-state index is 12.5. The van der Waals surface area contributed by atoms with E-state index < -0.39 is 0 Å². The van der Waals surface area contributed by atoms with E-state index >= 15 is 0 Å². The van der Waals surface area contributed by atoms with Crippen molar-refractivity contribution in [3.05, 3.63) is 64.7 Å². The van der Waals surface area contributed by atoms with Gasteiger partial charge in [0.05, 0.1) is 18.2 Å². The van der Waals surface area contributed by atoms with Gasteiger partial charge in [-0.2, -0.15) is 5.26 Å². The van der Waals surface area contributed by atoms with E-state index in [9.17, 15) is 10.1 Å². The van der Waals surface area contributed by atoms with E-state index in [-0.39, 0.29) is 5.97 Å². The van der Waals surface area contributed by atoms with Gasteiger partial charge in [0.15, 0.2) is 0 Å². The number of fused-ring (bicyclic) bond motifs is 3. The molecule has 24 heavy (non-hydrogen) atoms. The molecule has 0 N–H and O–H groups in total. The molecule has 0 unspecified atom stereocenters. The molecular weight excluding hydrogens is 298 g/mol. The van der Waals surface area contributed by atoms with Gasteiger partial charge in [0, 0.05) is 16.7 Å². The molecule has 0 aliphatic heterocycles. The van der Waals surface area contributed by atoms with Crippen LogP contribution < -0.4 is 0 Å². The SMILES string of the molecule is CCCCOC(=O)c1cccc2c1-c1ccccc1C2=C(C)C#N. The lowest BCUT2D eigenvalue weighted by molar-refractivity contribution is 0.0500. The molecular formula is C21H19NO2. The molecule has 0 atom stereocenters. The zero-order chi connectivity index (χ0) is 17.1. The summed E-state index contributed by atoms with van der Waals surface area (Å²) in [6.45, 7) is 4.31. The Labute approximate surface area is 142 Å². The fourth-order valence-corrected chi connectivity index (χ4v) is 3.13. The number of carbonyl (C=O) groups is 1. The normalized spacial score (nSPS) is 13.7. The average molecular weight is 317 g/mol. The summed E-state index contributed by atoms with van der Waals surface area (Å²) >= 11 is 0. The predicted molar refractivity (Wildman–Crippen MR) is 94.4 cm³/mol. The Kier molecular flexibility index (Phi) is 4.48. The van der Waals surface area contributed by atoms with Gasteiger partial charge in [-0.05, 0) is 36.1 Å². The van der Waals surface area contributed by atoms with Gasteiger partial charge in [0.25, 0.3) is 0 Å². The highest BCUT2D eigenvalue weighted by atomic mass is 16.5. The number of unbranched alkanes of at least 4 members (excludes halogenated alkanes) is 1. The zero-order valence-corrected chi connectivity index (χ0v) is 13.9. The summed E-state index contributed by atoms with van der Waals surface area (Å²) in [5.41, 5.74) is 5.92. The molecule has 2 aromatic carbocycles. The van der Waals surface area contributed by atoms with Gasteiger partial charge in [0.1, 0.15) is 0 Å². The number of hydrogen-bond acceptors (Lipinski definition) is 3. The average Bonchev–Trinajstić information content (AvgIpc) is 2.95. The molecule has 0 bridgehead atoms. The zero-order valence-electron chi connectivity index (χ0n) is 13.9. The third-order valence-corrected chi connectivity index (χ3v) is 4.29. The van der Waals surface area contributed by atoms with Gasteiger partial charge >= 0.3 is 5.97 Å². The molecule has 120 valence electrons. The van der Waals surface area contributed by atoms with E-state index in [4.69, 9.17) is 4.74 Å². The molecule has 0 aromatic heterocycles. The van der Waals surface area contributed by atoms with Crippen LogP contribution in [0, 0.1) is 11.3 Å². The fourth-order valence-electron chi connectivity index (χ4n) is 3.13. The Morgan fingerprint density at radius 2 is 1.79 bits per heavy atom. The van der Waals surface area contributed by atoms with Crippen LogP contribution in [-0.2, 0) is 4.74 Å². The van der Waals surface area contributed by atoms with Crippen molar-refractivity contribution < 1.29 is 9.53 Å². The number of esters is 1. The summed E-state index contributed by atoms with van der Waals surface area (Å²) in [5.74, 6) is -0.300. The number of hydrogen-bond donors (Lipinski definition) is 0. The van der Waals surface area contributed by atoms with Gasteiger partial charge in [-0.25, -0.2) is 4.79 Å². The number of allylic oxidation sites excluding steroid dienone is 1. The number of nitriles is 1. The van der Waals surface area contributed by atoms with Crippen LogP contribution in [0.25, 0.3) is 16.7 Å². The minimum absolute atomic E-state index is 0.300. The fraction of sp³-hybridized carbons (Fsp3) is 0.238. The van der Waals surface area contributed by atoms with Gasteiger partial charge in [-0.1, -0.05) is 49.7 Å². The van der Waals surface area contributed by atoms with Crippen molar-refractivity contribution in [3.63, 3.8) is 0 Å². The molecule has 0 saturated carbocycles. The number of ether oxygens (including phenoxy) is 1. The highest BCUT2D eigenvalue weighted by Gasteiger charge is 2.29. The molecule has 0 saturated heterocycles. The van der Waals surface area contributed by atoms with E-state index in [1.165, 1.54) is 0 Å². The Morgan fingerprint density at radius 3 is 2.50 bits per heavy atom. The molecule has 3 heteroatoms. The molecule has 3 nitrogen and oxygen atoms in total. The van der Waals surface area contributed by atoms with Crippen molar-refractivity contribution in [1.82, 2.24) is 0 Å². The largest absolute Gasteiger partial charge is 0.462 e. The lowest BCUT2D eigenvalue weighted by Crippen LogP contribution is -2.08. The number of rotatable bonds is 4. The van der Waals surface area contributed by atoms with Crippen LogP contribution >= 0.6 is 0 Å². The Morgan fingerprint density at radius 1 is 1.08 bits per heavy atom. The molecule has 0 amide bonds. The highest BCUT2D eigenvalue weighted by Crippen LogP contribution is 2.47. The minimum atomic E-state index is -0.300. The van der Waals surface area contributed by atoms with E-state index in [0.717, 1.165) is 40.7 Å². The molecule has 3 rings (SSSR count). The predicted octanol–water partition coefficient (Wildman–Crippen LogP) is 4.97. The first-order valence-corrected chi connectivity index (χ1v) is 8.20. The quantitative estimate of drug-likeness (QED) is 0.388. The van der Waals surface area contributed by atoms with Gasteiger partial charge in [0.2, 0.25) is 0 Å². The van der Waals surface area contributed by atoms with Crippen LogP contribution in [0.2, 0.25) is 0 Å². The van der Waals surface area contributed by atoms with E-state index in [1.807, 2.05) is 43.3 Å². The smallest absolute Gasteiger partial charge is 0.338 e. The summed E-state index contributed by atoms with van der Waals surface area (Å²) in [6, 6.07) is 15.8. The first-order chi connectivity index (χ1) is 11.7. The summed E-state index contributed by atoms with van der Waals surface area (Å²) in [6.07, 6.45) is 1.84. The first kappa shape index (κ1) is 16.0. The van der Waals surface area contributed by atoms with E-state index in [0.29, 0.717) is 17.7 Å². The number of carbonyl (C=O) groups excluding carboxylic acids is 1. The van der Waals surface area contributed by atoms with Crippen molar-refractivity contribution in [2.45, 2.75) is 26.7 Å². The molecule has 0 spiro atoms. The van der Waals surface area contributed by atoms with Crippen LogP contribution in [0.3, 0.4) is 0 Å². The summed E-state index contributed by atoms with van der Waals surface area (Å²) < 4.78 is 5.41. The van der Waals surface area contributed by atoms with E-state index in [2.05, 4.69) is 13.0 Å². The third-order valence-electron chi connectivity index (χ3n) is 4.29.